The number of piperazine rings is 1. The van der Waals surface area contributed by atoms with E-state index < -0.39 is 17.6 Å². The van der Waals surface area contributed by atoms with Crippen LogP contribution in [0.15, 0.2) is 48.9 Å². The van der Waals surface area contributed by atoms with E-state index in [9.17, 15) is 14.4 Å². The number of pyridine rings is 1. The molecule has 190 valence electrons. The lowest BCUT2D eigenvalue weighted by molar-refractivity contribution is -0.146. The maximum Gasteiger partial charge on any atom is 0.316 e. The van der Waals surface area contributed by atoms with E-state index in [-0.39, 0.29) is 31.6 Å². The number of hydrogen-bond acceptors (Lipinski definition) is 9. The van der Waals surface area contributed by atoms with Crippen molar-refractivity contribution in [3.8, 4) is 23.0 Å². The van der Waals surface area contributed by atoms with Gasteiger partial charge in [-0.05, 0) is 12.1 Å². The minimum Gasteiger partial charge on any atom is -0.495 e. The van der Waals surface area contributed by atoms with Crippen LogP contribution in [0.25, 0.3) is 11.3 Å². The van der Waals surface area contributed by atoms with E-state index in [0.29, 0.717) is 46.9 Å². The Morgan fingerprint density at radius 1 is 0.892 bits per heavy atom. The number of aromatic nitrogens is 3. The summed E-state index contributed by atoms with van der Waals surface area (Å²) in [4.78, 5) is 55.3. The van der Waals surface area contributed by atoms with Gasteiger partial charge in [0.15, 0.2) is 0 Å². The summed E-state index contributed by atoms with van der Waals surface area (Å²) in [5.74, 6) is -1.50. The van der Waals surface area contributed by atoms with E-state index in [0.717, 1.165) is 0 Å². The molecule has 1 atom stereocenters. The highest BCUT2D eigenvalue weighted by atomic mass is 16.5. The fourth-order valence-corrected chi connectivity index (χ4v) is 4.67. The summed E-state index contributed by atoms with van der Waals surface area (Å²) in [6, 6.07) is 9.25. The Kier molecular flexibility index (Phi) is 6.67. The van der Waals surface area contributed by atoms with Gasteiger partial charge in [-0.1, -0.05) is 18.2 Å². The molecule has 2 aliphatic rings. The molecule has 1 saturated heterocycles. The van der Waals surface area contributed by atoms with Crippen LogP contribution in [0, 0.1) is 0 Å². The first-order valence-corrected chi connectivity index (χ1v) is 11.9. The minimum atomic E-state index is -0.734. The molecular formula is C26H26N6O5. The minimum absolute atomic E-state index is 0.0831. The van der Waals surface area contributed by atoms with Gasteiger partial charge < -0.3 is 24.6 Å². The molecule has 0 spiro atoms. The highest BCUT2D eigenvalue weighted by Crippen LogP contribution is 2.43. The molecule has 11 heteroatoms. The largest absolute Gasteiger partial charge is 0.495 e. The maximum absolute atomic E-state index is 13.4. The normalized spacial score (nSPS) is 16.5. The molecule has 0 aliphatic carbocycles. The van der Waals surface area contributed by atoms with Crippen LogP contribution in [-0.4, -0.2) is 89.3 Å². The average Bonchev–Trinajstić information content (AvgIpc) is 3.41. The van der Waals surface area contributed by atoms with Gasteiger partial charge >= 0.3 is 6.01 Å². The third kappa shape index (κ3) is 4.55. The Morgan fingerprint density at radius 2 is 1.57 bits per heavy atom. The summed E-state index contributed by atoms with van der Waals surface area (Å²) >= 11 is 0. The van der Waals surface area contributed by atoms with Crippen LogP contribution in [0.3, 0.4) is 0 Å². The SMILES string of the molecule is COc1ncc(-c2ncc(OC)c3c2NCC3C(=O)C(=O)N2CCN(C(=O)c3ccccc3)CC2)cn1. The molecule has 0 saturated carbocycles. The van der Waals surface area contributed by atoms with E-state index in [1.165, 1.54) is 25.3 Å². The van der Waals surface area contributed by atoms with Gasteiger partial charge in [0.1, 0.15) is 5.75 Å². The zero-order chi connectivity index (χ0) is 25.9. The van der Waals surface area contributed by atoms with Crippen molar-refractivity contribution >= 4 is 23.3 Å². The zero-order valence-electron chi connectivity index (χ0n) is 20.5. The van der Waals surface area contributed by atoms with Gasteiger partial charge in [0.25, 0.3) is 11.8 Å². The summed E-state index contributed by atoms with van der Waals surface area (Å²) in [6.07, 6.45) is 4.70. The van der Waals surface area contributed by atoms with Crippen molar-refractivity contribution < 1.29 is 23.9 Å². The number of amides is 2. The summed E-state index contributed by atoms with van der Waals surface area (Å²) in [5, 5.41) is 3.23. The van der Waals surface area contributed by atoms with Crippen molar-refractivity contribution in [2.24, 2.45) is 0 Å². The van der Waals surface area contributed by atoms with Crippen molar-refractivity contribution in [2.75, 3.05) is 52.3 Å². The van der Waals surface area contributed by atoms with E-state index in [4.69, 9.17) is 9.47 Å². The number of nitrogens with one attached hydrogen (secondary N) is 1. The van der Waals surface area contributed by atoms with Crippen LogP contribution < -0.4 is 14.8 Å². The van der Waals surface area contributed by atoms with E-state index in [1.54, 1.807) is 29.4 Å². The van der Waals surface area contributed by atoms with Crippen molar-refractivity contribution in [3.63, 3.8) is 0 Å². The average molecular weight is 503 g/mol. The van der Waals surface area contributed by atoms with Crippen LogP contribution in [-0.2, 0) is 9.59 Å². The van der Waals surface area contributed by atoms with Crippen LogP contribution >= 0.6 is 0 Å². The van der Waals surface area contributed by atoms with Crippen LogP contribution in [0.4, 0.5) is 5.69 Å². The Balaban J connectivity index is 1.32. The smallest absolute Gasteiger partial charge is 0.316 e. The second kappa shape index (κ2) is 10.2. The highest BCUT2D eigenvalue weighted by molar-refractivity contribution is 6.38. The second-order valence-electron chi connectivity index (χ2n) is 8.67. The number of carbonyl (C=O) groups is 3. The fourth-order valence-electron chi connectivity index (χ4n) is 4.67. The summed E-state index contributed by atoms with van der Waals surface area (Å²) in [7, 11) is 2.98. The van der Waals surface area contributed by atoms with Gasteiger partial charge in [0, 0.05) is 61.8 Å². The molecule has 2 amide bonds. The number of hydrogen-bond donors (Lipinski definition) is 1. The summed E-state index contributed by atoms with van der Waals surface area (Å²) in [6.45, 7) is 1.54. The second-order valence-corrected chi connectivity index (χ2v) is 8.67. The molecule has 37 heavy (non-hydrogen) atoms. The quantitative estimate of drug-likeness (QED) is 0.500. The monoisotopic (exact) mass is 502 g/mol. The molecule has 1 unspecified atom stereocenters. The number of Topliss-reactive ketones (excluding diaryl/α,β-unsaturated/α-hetero) is 1. The Morgan fingerprint density at radius 3 is 2.22 bits per heavy atom. The first-order chi connectivity index (χ1) is 18.0. The molecule has 5 rings (SSSR count). The van der Waals surface area contributed by atoms with Crippen LogP contribution in [0.2, 0.25) is 0 Å². The standard InChI is InChI=1S/C26H26N6O5/c1-36-19-15-28-21(17-12-29-26(37-2)30-13-17)22-20(19)18(14-27-22)23(33)25(35)32-10-8-31(9-11-32)24(34)16-6-4-3-5-7-16/h3-7,12-13,15,18,27H,8-11,14H2,1-2H3. The topological polar surface area (TPSA) is 127 Å². The number of anilines is 1. The molecule has 1 aromatic carbocycles. The third-order valence-corrected chi connectivity index (χ3v) is 6.62. The van der Waals surface area contributed by atoms with Crippen LogP contribution in [0.1, 0.15) is 21.8 Å². The van der Waals surface area contributed by atoms with Gasteiger partial charge in [-0.15, -0.1) is 0 Å². The third-order valence-electron chi connectivity index (χ3n) is 6.62. The number of ether oxygens (including phenoxy) is 2. The molecule has 4 heterocycles. The van der Waals surface area contributed by atoms with E-state index in [2.05, 4.69) is 20.3 Å². The van der Waals surface area contributed by atoms with Gasteiger partial charge in [-0.3, -0.25) is 19.4 Å². The molecule has 1 fully saturated rings. The number of carbonyl (C=O) groups excluding carboxylic acids is 3. The predicted octanol–water partition coefficient (Wildman–Crippen LogP) is 1.62. The van der Waals surface area contributed by atoms with Crippen LogP contribution in [0.5, 0.6) is 11.8 Å². The highest BCUT2D eigenvalue weighted by Gasteiger charge is 2.39. The lowest BCUT2D eigenvalue weighted by Gasteiger charge is -2.34. The molecule has 11 nitrogen and oxygen atoms in total. The summed E-state index contributed by atoms with van der Waals surface area (Å²) in [5.41, 5.74) is 2.97. The lowest BCUT2D eigenvalue weighted by Crippen LogP contribution is -2.52. The van der Waals surface area contributed by atoms with Gasteiger partial charge in [-0.25, -0.2) is 9.97 Å². The van der Waals surface area contributed by atoms with E-state index >= 15 is 0 Å². The summed E-state index contributed by atoms with van der Waals surface area (Å²) < 4.78 is 10.5. The number of methoxy groups -OCH3 is 2. The number of nitrogens with zero attached hydrogens (tertiary/aromatic N) is 5. The molecular weight excluding hydrogens is 476 g/mol. The Bertz CT molecular complexity index is 1320. The first kappa shape index (κ1) is 24.2. The van der Waals surface area contributed by atoms with Crippen molar-refractivity contribution in [1.29, 1.82) is 0 Å². The molecule has 0 bridgehead atoms. The molecule has 1 N–H and O–H groups in total. The maximum atomic E-state index is 13.4. The lowest BCUT2D eigenvalue weighted by atomic mass is 9.94. The Hall–Kier alpha value is -4.54. The molecule has 2 aliphatic heterocycles. The van der Waals surface area contributed by atoms with Crippen molar-refractivity contribution in [1.82, 2.24) is 24.8 Å². The number of benzene rings is 1. The van der Waals surface area contributed by atoms with Gasteiger partial charge in [0.2, 0.25) is 5.78 Å². The number of fused-ring (bicyclic) bond motifs is 1. The van der Waals surface area contributed by atoms with Gasteiger partial charge in [-0.2, -0.15) is 0 Å². The zero-order valence-corrected chi connectivity index (χ0v) is 20.5. The van der Waals surface area contributed by atoms with E-state index in [1.807, 2.05) is 18.2 Å². The fraction of sp³-hybridized carbons (Fsp3) is 0.308. The predicted molar refractivity (Wildman–Crippen MR) is 134 cm³/mol. The van der Waals surface area contributed by atoms with Crippen molar-refractivity contribution in [2.45, 2.75) is 5.92 Å². The number of ketones is 1. The molecule has 0 radical (unpaired) electrons. The number of rotatable bonds is 6. The first-order valence-electron chi connectivity index (χ1n) is 11.9. The van der Waals surface area contributed by atoms with Crippen molar-refractivity contribution in [3.05, 3.63) is 60.0 Å². The molecule has 3 aromatic rings. The Labute approximate surface area is 213 Å². The van der Waals surface area contributed by atoms with Gasteiger partial charge in [0.05, 0.1) is 37.7 Å². The molecule has 2 aromatic heterocycles.